The fourth-order valence-corrected chi connectivity index (χ4v) is 2.72. The van der Waals surface area contributed by atoms with E-state index in [4.69, 9.17) is 0 Å². The minimum absolute atomic E-state index is 0.808. The molecule has 3 aromatic rings. The lowest BCUT2D eigenvalue weighted by Gasteiger charge is -2.09. The topological polar surface area (TPSA) is 29.9 Å². The van der Waals surface area contributed by atoms with E-state index in [0.717, 1.165) is 12.2 Å². The smallest absolute Gasteiger partial charge is 0.0556 e. The lowest BCUT2D eigenvalue weighted by Crippen LogP contribution is -2.06. The maximum absolute atomic E-state index is 4.21. The lowest BCUT2D eigenvalue weighted by atomic mass is 10.1. The highest BCUT2D eigenvalue weighted by Crippen LogP contribution is 2.25. The van der Waals surface area contributed by atoms with Gasteiger partial charge in [0.15, 0.2) is 0 Å². The summed E-state index contributed by atoms with van der Waals surface area (Å²) in [5.41, 5.74) is 6.17. The summed E-state index contributed by atoms with van der Waals surface area (Å²) in [6.07, 6.45) is 3.73. The number of rotatable bonds is 3. The average Bonchev–Trinajstić information content (AvgIpc) is 2.70. The van der Waals surface area contributed by atoms with Crippen LogP contribution < -0.4 is 5.32 Å². The number of para-hydroxylation sites is 1. The van der Waals surface area contributed by atoms with Crippen LogP contribution >= 0.6 is 0 Å². The molecule has 1 aromatic carbocycles. The van der Waals surface area contributed by atoms with E-state index in [2.05, 4.69) is 66.1 Å². The standard InChI is InChI=1S/C17H19N3/c1-12-8-14(10-18-9-12)19-11-17-13(2)15-6-4-5-7-16(15)20(17)3/h4-10,19H,11H2,1-3H3. The number of anilines is 1. The third-order valence-corrected chi connectivity index (χ3v) is 3.84. The Morgan fingerprint density at radius 3 is 2.70 bits per heavy atom. The van der Waals surface area contributed by atoms with Gasteiger partial charge in [-0.3, -0.25) is 4.98 Å². The third kappa shape index (κ3) is 2.16. The lowest BCUT2D eigenvalue weighted by molar-refractivity contribution is 0.862. The zero-order valence-corrected chi connectivity index (χ0v) is 12.1. The Kier molecular flexibility index (Phi) is 3.18. The van der Waals surface area contributed by atoms with Crippen LogP contribution in [-0.4, -0.2) is 9.55 Å². The number of aromatic nitrogens is 2. The maximum atomic E-state index is 4.21. The maximum Gasteiger partial charge on any atom is 0.0556 e. The summed E-state index contributed by atoms with van der Waals surface area (Å²) in [7, 11) is 2.13. The minimum Gasteiger partial charge on any atom is -0.378 e. The van der Waals surface area contributed by atoms with E-state index >= 15 is 0 Å². The second kappa shape index (κ2) is 5.00. The summed E-state index contributed by atoms with van der Waals surface area (Å²) >= 11 is 0. The first-order chi connectivity index (χ1) is 9.66. The molecule has 0 aliphatic carbocycles. The van der Waals surface area contributed by atoms with Gasteiger partial charge in [0.05, 0.1) is 12.2 Å². The predicted octanol–water partition coefficient (Wildman–Crippen LogP) is 3.80. The van der Waals surface area contributed by atoms with Crippen molar-refractivity contribution in [2.75, 3.05) is 5.32 Å². The summed E-state index contributed by atoms with van der Waals surface area (Å²) in [6.45, 7) is 5.05. The zero-order valence-electron chi connectivity index (χ0n) is 12.1. The first kappa shape index (κ1) is 12.7. The van der Waals surface area contributed by atoms with Crippen LogP contribution in [0.2, 0.25) is 0 Å². The molecule has 0 saturated heterocycles. The second-order valence-electron chi connectivity index (χ2n) is 5.25. The van der Waals surface area contributed by atoms with Gasteiger partial charge < -0.3 is 9.88 Å². The van der Waals surface area contributed by atoms with E-state index < -0.39 is 0 Å². The SMILES string of the molecule is Cc1cncc(NCc2c(C)c3ccccc3n2C)c1. The molecule has 20 heavy (non-hydrogen) atoms. The van der Waals surface area contributed by atoms with E-state index in [1.54, 1.807) is 0 Å². The predicted molar refractivity (Wildman–Crippen MR) is 84.0 cm³/mol. The molecular formula is C17H19N3. The van der Waals surface area contributed by atoms with Crippen molar-refractivity contribution < 1.29 is 0 Å². The van der Waals surface area contributed by atoms with Crippen LogP contribution in [0.4, 0.5) is 5.69 Å². The molecule has 0 unspecified atom stereocenters. The first-order valence-electron chi connectivity index (χ1n) is 6.85. The van der Waals surface area contributed by atoms with Crippen LogP contribution in [0.3, 0.4) is 0 Å². The van der Waals surface area contributed by atoms with E-state index in [1.807, 2.05) is 12.4 Å². The molecule has 3 nitrogen and oxygen atoms in total. The molecule has 0 fully saturated rings. The van der Waals surface area contributed by atoms with Crippen molar-refractivity contribution in [1.82, 2.24) is 9.55 Å². The van der Waals surface area contributed by atoms with Crippen molar-refractivity contribution in [2.24, 2.45) is 7.05 Å². The fourth-order valence-electron chi connectivity index (χ4n) is 2.72. The molecule has 2 aromatic heterocycles. The molecule has 0 amide bonds. The van der Waals surface area contributed by atoms with Gasteiger partial charge in [0.2, 0.25) is 0 Å². The quantitative estimate of drug-likeness (QED) is 0.780. The molecule has 0 radical (unpaired) electrons. The van der Waals surface area contributed by atoms with Crippen molar-refractivity contribution in [3.8, 4) is 0 Å². The second-order valence-corrected chi connectivity index (χ2v) is 5.25. The Morgan fingerprint density at radius 2 is 1.95 bits per heavy atom. The average molecular weight is 265 g/mol. The Bertz CT molecular complexity index is 717. The van der Waals surface area contributed by atoms with E-state index in [1.165, 1.54) is 27.7 Å². The van der Waals surface area contributed by atoms with Gasteiger partial charge in [0.25, 0.3) is 0 Å². The van der Waals surface area contributed by atoms with Crippen LogP contribution in [-0.2, 0) is 13.6 Å². The molecule has 0 bridgehead atoms. The summed E-state index contributed by atoms with van der Waals surface area (Å²) in [5.74, 6) is 0. The van der Waals surface area contributed by atoms with Crippen LogP contribution in [0.15, 0.2) is 42.7 Å². The van der Waals surface area contributed by atoms with Crippen LogP contribution in [0.5, 0.6) is 0 Å². The number of fused-ring (bicyclic) bond motifs is 1. The van der Waals surface area contributed by atoms with Gasteiger partial charge >= 0.3 is 0 Å². The fraction of sp³-hybridized carbons (Fsp3) is 0.235. The highest BCUT2D eigenvalue weighted by Gasteiger charge is 2.10. The number of hydrogen-bond acceptors (Lipinski definition) is 2. The molecule has 0 spiro atoms. The molecule has 1 N–H and O–H groups in total. The van der Waals surface area contributed by atoms with Crippen LogP contribution in [0.25, 0.3) is 10.9 Å². The molecule has 102 valence electrons. The van der Waals surface area contributed by atoms with E-state index in [0.29, 0.717) is 0 Å². The summed E-state index contributed by atoms with van der Waals surface area (Å²) in [5, 5.41) is 4.79. The van der Waals surface area contributed by atoms with Crippen LogP contribution in [0.1, 0.15) is 16.8 Å². The summed E-state index contributed by atoms with van der Waals surface area (Å²) < 4.78 is 2.26. The van der Waals surface area contributed by atoms with Gasteiger partial charge in [-0.15, -0.1) is 0 Å². The molecule has 3 heteroatoms. The molecular weight excluding hydrogens is 246 g/mol. The van der Waals surface area contributed by atoms with Gasteiger partial charge in [0.1, 0.15) is 0 Å². The monoisotopic (exact) mass is 265 g/mol. The van der Waals surface area contributed by atoms with E-state index in [9.17, 15) is 0 Å². The zero-order chi connectivity index (χ0) is 14.1. The number of benzene rings is 1. The number of nitrogens with one attached hydrogen (secondary N) is 1. The summed E-state index contributed by atoms with van der Waals surface area (Å²) in [4.78, 5) is 4.21. The molecule has 3 rings (SSSR count). The number of hydrogen-bond donors (Lipinski definition) is 1. The Morgan fingerprint density at radius 1 is 1.15 bits per heavy atom. The Labute approximate surface area is 119 Å². The third-order valence-electron chi connectivity index (χ3n) is 3.84. The van der Waals surface area contributed by atoms with Gasteiger partial charge in [-0.1, -0.05) is 18.2 Å². The van der Waals surface area contributed by atoms with Crippen LogP contribution in [0, 0.1) is 13.8 Å². The highest BCUT2D eigenvalue weighted by molar-refractivity contribution is 5.85. The Balaban J connectivity index is 1.91. The molecule has 0 aliphatic heterocycles. The minimum atomic E-state index is 0.808. The van der Waals surface area contributed by atoms with Crippen molar-refractivity contribution in [3.63, 3.8) is 0 Å². The highest BCUT2D eigenvalue weighted by atomic mass is 15.0. The molecule has 2 heterocycles. The first-order valence-corrected chi connectivity index (χ1v) is 6.85. The largest absolute Gasteiger partial charge is 0.378 e. The van der Waals surface area contributed by atoms with Crippen molar-refractivity contribution in [2.45, 2.75) is 20.4 Å². The number of aryl methyl sites for hydroxylation is 3. The number of nitrogens with zero attached hydrogens (tertiary/aromatic N) is 2. The molecule has 0 atom stereocenters. The normalized spacial score (nSPS) is 10.9. The van der Waals surface area contributed by atoms with Crippen molar-refractivity contribution >= 4 is 16.6 Å². The number of pyridine rings is 1. The van der Waals surface area contributed by atoms with Gasteiger partial charge in [-0.25, -0.2) is 0 Å². The van der Waals surface area contributed by atoms with Crippen molar-refractivity contribution in [3.05, 3.63) is 59.5 Å². The Hall–Kier alpha value is -2.29. The van der Waals surface area contributed by atoms with Gasteiger partial charge in [-0.05, 0) is 37.1 Å². The molecule has 0 aliphatic rings. The van der Waals surface area contributed by atoms with Gasteiger partial charge in [0, 0.05) is 36.0 Å². The van der Waals surface area contributed by atoms with Crippen molar-refractivity contribution in [1.29, 1.82) is 0 Å². The summed E-state index contributed by atoms with van der Waals surface area (Å²) in [6, 6.07) is 10.6. The van der Waals surface area contributed by atoms with E-state index in [-0.39, 0.29) is 0 Å². The molecule has 0 saturated carbocycles. The van der Waals surface area contributed by atoms with Gasteiger partial charge in [-0.2, -0.15) is 0 Å².